The number of carbonyl (C=O) groups is 1. The van der Waals surface area contributed by atoms with Crippen molar-refractivity contribution in [1.29, 1.82) is 0 Å². The molecule has 1 aliphatic rings. The summed E-state index contributed by atoms with van der Waals surface area (Å²) in [6.45, 7) is 7.85. The van der Waals surface area contributed by atoms with Crippen LogP contribution in [-0.2, 0) is 5.41 Å². The molecule has 0 bridgehead atoms. The number of nitrogens with zero attached hydrogens (tertiary/aromatic N) is 2. The van der Waals surface area contributed by atoms with Crippen LogP contribution in [0.1, 0.15) is 49.0 Å². The molecule has 2 heterocycles. The summed E-state index contributed by atoms with van der Waals surface area (Å²) < 4.78 is 3.90. The van der Waals surface area contributed by atoms with E-state index in [1.54, 1.807) is 0 Å². The van der Waals surface area contributed by atoms with Crippen molar-refractivity contribution >= 4 is 17.4 Å². The average molecular weight is 268 g/mol. The highest BCUT2D eigenvalue weighted by Crippen LogP contribution is 2.25. The molecule has 1 amide bonds. The van der Waals surface area contributed by atoms with Crippen LogP contribution in [-0.4, -0.2) is 34.6 Å². The Kier molecular flexibility index (Phi) is 3.97. The second-order valence-corrected chi connectivity index (χ2v) is 6.46. The molecular weight excluding hydrogens is 248 g/mol. The Labute approximate surface area is 112 Å². The van der Waals surface area contributed by atoms with Gasteiger partial charge in [0.1, 0.15) is 4.88 Å². The molecule has 1 saturated heterocycles. The summed E-state index contributed by atoms with van der Waals surface area (Å²) in [5, 5.41) is 10.4. The van der Waals surface area contributed by atoms with Crippen molar-refractivity contribution < 1.29 is 4.79 Å². The molecule has 2 N–H and O–H groups in total. The van der Waals surface area contributed by atoms with Crippen LogP contribution in [0.4, 0.5) is 0 Å². The van der Waals surface area contributed by atoms with Crippen molar-refractivity contribution in [2.24, 2.45) is 0 Å². The number of nitrogens with one attached hydrogen (secondary N) is 2. The van der Waals surface area contributed by atoms with Crippen LogP contribution in [0.2, 0.25) is 0 Å². The van der Waals surface area contributed by atoms with Gasteiger partial charge in [0.05, 0.1) is 5.69 Å². The van der Waals surface area contributed by atoms with Gasteiger partial charge in [-0.2, -0.15) is 0 Å². The molecular formula is C12H20N4OS. The monoisotopic (exact) mass is 268 g/mol. The Morgan fingerprint density at radius 1 is 1.56 bits per heavy atom. The molecule has 0 saturated carbocycles. The highest BCUT2D eigenvalue weighted by Gasteiger charge is 2.26. The van der Waals surface area contributed by atoms with Gasteiger partial charge >= 0.3 is 0 Å². The van der Waals surface area contributed by atoms with Gasteiger partial charge < -0.3 is 10.6 Å². The lowest BCUT2D eigenvalue weighted by molar-refractivity contribution is 0.0952. The zero-order valence-electron chi connectivity index (χ0n) is 11.1. The van der Waals surface area contributed by atoms with Crippen molar-refractivity contribution in [3.05, 3.63) is 10.6 Å². The highest BCUT2D eigenvalue weighted by atomic mass is 32.1. The third-order valence-corrected chi connectivity index (χ3v) is 3.80. The normalized spacial score (nSPS) is 20.1. The first-order valence-corrected chi connectivity index (χ1v) is 7.10. The van der Waals surface area contributed by atoms with Crippen LogP contribution in [0, 0.1) is 0 Å². The first-order chi connectivity index (χ1) is 8.48. The fourth-order valence-electron chi connectivity index (χ4n) is 2.06. The first kappa shape index (κ1) is 13.4. The molecule has 2 rings (SSSR count). The molecule has 6 heteroatoms. The number of rotatable bonds is 3. The van der Waals surface area contributed by atoms with E-state index < -0.39 is 0 Å². The van der Waals surface area contributed by atoms with Crippen LogP contribution in [0.25, 0.3) is 0 Å². The van der Waals surface area contributed by atoms with E-state index >= 15 is 0 Å². The van der Waals surface area contributed by atoms with Crippen LogP contribution in [0.3, 0.4) is 0 Å². The second-order valence-electron chi connectivity index (χ2n) is 5.70. The van der Waals surface area contributed by atoms with E-state index in [1.807, 2.05) is 20.8 Å². The second kappa shape index (κ2) is 5.32. The summed E-state index contributed by atoms with van der Waals surface area (Å²) in [4.78, 5) is 12.8. The lowest BCUT2D eigenvalue weighted by atomic mass is 9.91. The van der Waals surface area contributed by atoms with Crippen LogP contribution in [0.5, 0.6) is 0 Å². The molecule has 0 radical (unpaired) electrons. The molecule has 0 spiro atoms. The summed E-state index contributed by atoms with van der Waals surface area (Å²) in [6.07, 6.45) is 2.32. The maximum absolute atomic E-state index is 12.1. The van der Waals surface area contributed by atoms with Gasteiger partial charge in [0, 0.05) is 18.0 Å². The molecule has 0 aliphatic carbocycles. The Hall–Kier alpha value is -1.01. The Bertz CT molecular complexity index is 418. The van der Waals surface area contributed by atoms with Gasteiger partial charge in [-0.1, -0.05) is 25.3 Å². The van der Waals surface area contributed by atoms with Crippen molar-refractivity contribution in [3.63, 3.8) is 0 Å². The fraction of sp³-hybridized carbons (Fsp3) is 0.750. The Balaban J connectivity index is 1.98. The summed E-state index contributed by atoms with van der Waals surface area (Å²) in [6, 6.07) is 0.410. The van der Waals surface area contributed by atoms with Crippen LogP contribution >= 0.6 is 11.5 Å². The maximum atomic E-state index is 12.1. The van der Waals surface area contributed by atoms with Crippen molar-refractivity contribution in [1.82, 2.24) is 20.2 Å². The molecule has 1 aromatic rings. The fourth-order valence-corrected chi connectivity index (χ4v) is 2.85. The molecule has 1 aromatic heterocycles. The number of carbonyl (C=O) groups excluding carboxylic acids is 1. The minimum absolute atomic E-state index is 0.0522. The number of hydrogen-bond acceptors (Lipinski definition) is 5. The number of hydrogen-bond donors (Lipinski definition) is 2. The lowest BCUT2D eigenvalue weighted by Crippen LogP contribution is -2.37. The number of amides is 1. The van der Waals surface area contributed by atoms with E-state index in [-0.39, 0.29) is 11.3 Å². The predicted molar refractivity (Wildman–Crippen MR) is 72.0 cm³/mol. The molecule has 1 atom stereocenters. The molecule has 100 valence electrons. The molecule has 18 heavy (non-hydrogen) atoms. The van der Waals surface area contributed by atoms with E-state index in [9.17, 15) is 4.79 Å². The lowest BCUT2D eigenvalue weighted by Gasteiger charge is -2.17. The quantitative estimate of drug-likeness (QED) is 0.867. The smallest absolute Gasteiger partial charge is 0.265 e. The maximum Gasteiger partial charge on any atom is 0.265 e. The summed E-state index contributed by atoms with van der Waals surface area (Å²) in [7, 11) is 0. The van der Waals surface area contributed by atoms with Gasteiger partial charge in [0.25, 0.3) is 5.91 Å². The molecule has 0 aromatic carbocycles. The number of aromatic nitrogens is 2. The van der Waals surface area contributed by atoms with Gasteiger partial charge in [-0.05, 0) is 30.9 Å². The zero-order valence-corrected chi connectivity index (χ0v) is 11.9. The van der Waals surface area contributed by atoms with Gasteiger partial charge in [0.15, 0.2) is 0 Å². The van der Waals surface area contributed by atoms with Gasteiger partial charge in [0.2, 0.25) is 0 Å². The van der Waals surface area contributed by atoms with Crippen LogP contribution in [0.15, 0.2) is 0 Å². The van der Waals surface area contributed by atoms with Crippen molar-refractivity contribution in [3.8, 4) is 0 Å². The first-order valence-electron chi connectivity index (χ1n) is 6.33. The molecule has 5 nitrogen and oxygen atoms in total. The predicted octanol–water partition coefficient (Wildman–Crippen LogP) is 1.32. The largest absolute Gasteiger partial charge is 0.350 e. The zero-order chi connectivity index (χ0) is 13.2. The van der Waals surface area contributed by atoms with E-state index in [0.717, 1.165) is 18.7 Å². The Morgan fingerprint density at radius 3 is 2.94 bits per heavy atom. The minimum atomic E-state index is -0.148. The van der Waals surface area contributed by atoms with E-state index in [4.69, 9.17) is 0 Å². The summed E-state index contributed by atoms with van der Waals surface area (Å²) in [5.74, 6) is -0.0522. The molecule has 1 unspecified atom stereocenters. The van der Waals surface area contributed by atoms with Gasteiger partial charge in [-0.15, -0.1) is 5.10 Å². The van der Waals surface area contributed by atoms with E-state index in [1.165, 1.54) is 18.0 Å². The standard InChI is InChI=1S/C12H20N4OS/c1-12(2,3)10-9(18-16-15-10)11(17)14-7-8-5-4-6-13-8/h8,13H,4-7H2,1-3H3,(H,14,17). The van der Waals surface area contributed by atoms with Crippen molar-refractivity contribution in [2.45, 2.75) is 45.1 Å². The topological polar surface area (TPSA) is 66.9 Å². The average Bonchev–Trinajstić information content (AvgIpc) is 2.95. The van der Waals surface area contributed by atoms with E-state index in [0.29, 0.717) is 17.5 Å². The third kappa shape index (κ3) is 3.05. The van der Waals surface area contributed by atoms with E-state index in [2.05, 4.69) is 20.2 Å². The van der Waals surface area contributed by atoms with Crippen LogP contribution < -0.4 is 10.6 Å². The van der Waals surface area contributed by atoms with Crippen molar-refractivity contribution in [2.75, 3.05) is 13.1 Å². The molecule has 1 aliphatic heterocycles. The molecule has 1 fully saturated rings. The summed E-state index contributed by atoms with van der Waals surface area (Å²) in [5.41, 5.74) is 0.634. The highest BCUT2D eigenvalue weighted by molar-refractivity contribution is 7.08. The third-order valence-electron chi connectivity index (χ3n) is 3.08. The van der Waals surface area contributed by atoms with Gasteiger partial charge in [-0.25, -0.2) is 0 Å². The Morgan fingerprint density at radius 2 is 2.33 bits per heavy atom. The van der Waals surface area contributed by atoms with Gasteiger partial charge in [-0.3, -0.25) is 4.79 Å². The minimum Gasteiger partial charge on any atom is -0.350 e. The summed E-state index contributed by atoms with van der Waals surface area (Å²) >= 11 is 1.17. The SMILES string of the molecule is CC(C)(C)c1nnsc1C(=O)NCC1CCCN1.